The SMILES string of the molecule is C=C(NC(=O)C(CC1CCC(=O)C1)n1cc(S(=O)(=O)C2CC2)cn1)S/C(F)=C\N. The standard InChI is InChI=1S/C18H23FN4O4S2/c1-11(28-17(19)8-20)22-18(25)16(7-12-2-3-13(24)6-12)23-10-15(9-21-23)29(26,27)14-4-5-14/h8-10,12,14,16H,1-7,20H2,(H,22,25)/b17-8-. The molecule has 2 atom stereocenters. The quantitative estimate of drug-likeness (QED) is 0.600. The minimum absolute atomic E-state index is 0.00692. The molecular formula is C18H23FN4O4S2. The first-order chi connectivity index (χ1) is 13.7. The van der Waals surface area contributed by atoms with Crippen LogP contribution in [-0.2, 0) is 19.4 Å². The maximum absolute atomic E-state index is 13.3. The van der Waals surface area contributed by atoms with Crippen LogP contribution in [0.25, 0.3) is 0 Å². The van der Waals surface area contributed by atoms with Gasteiger partial charge in [0.1, 0.15) is 16.7 Å². The number of nitrogens with two attached hydrogens (primary N) is 1. The van der Waals surface area contributed by atoms with Gasteiger partial charge in [0.05, 0.1) is 16.5 Å². The molecule has 2 unspecified atom stereocenters. The molecule has 0 bridgehead atoms. The molecule has 3 rings (SSSR count). The van der Waals surface area contributed by atoms with E-state index in [9.17, 15) is 22.4 Å². The van der Waals surface area contributed by atoms with Crippen molar-refractivity contribution in [3.05, 3.63) is 35.4 Å². The summed E-state index contributed by atoms with van der Waals surface area (Å²) in [5.74, 6) is -0.376. The molecule has 1 aromatic rings. The maximum atomic E-state index is 13.3. The Morgan fingerprint density at radius 3 is 2.79 bits per heavy atom. The Morgan fingerprint density at radius 1 is 1.48 bits per heavy atom. The van der Waals surface area contributed by atoms with E-state index in [1.54, 1.807) is 0 Å². The van der Waals surface area contributed by atoms with Gasteiger partial charge in [0, 0.05) is 25.2 Å². The van der Waals surface area contributed by atoms with Crippen molar-refractivity contribution in [3.63, 3.8) is 0 Å². The fourth-order valence-corrected chi connectivity index (χ4v) is 5.40. The van der Waals surface area contributed by atoms with Crippen LogP contribution < -0.4 is 11.1 Å². The Morgan fingerprint density at radius 2 is 2.21 bits per heavy atom. The summed E-state index contributed by atoms with van der Waals surface area (Å²) in [5.41, 5.74) is 5.08. The van der Waals surface area contributed by atoms with Crippen LogP contribution in [-0.4, -0.2) is 35.1 Å². The van der Waals surface area contributed by atoms with Crippen LogP contribution >= 0.6 is 11.8 Å². The highest BCUT2D eigenvalue weighted by Gasteiger charge is 2.38. The number of nitrogens with one attached hydrogen (secondary N) is 1. The van der Waals surface area contributed by atoms with E-state index in [2.05, 4.69) is 17.0 Å². The van der Waals surface area contributed by atoms with Crippen LogP contribution in [0.3, 0.4) is 0 Å². The summed E-state index contributed by atoms with van der Waals surface area (Å²) in [6.07, 6.45) is 6.42. The largest absolute Gasteiger partial charge is 0.402 e. The normalized spacial score (nSPS) is 21.2. The second kappa shape index (κ2) is 8.70. The number of rotatable bonds is 9. The Balaban J connectivity index is 1.79. The van der Waals surface area contributed by atoms with Gasteiger partial charge in [0.25, 0.3) is 0 Å². The number of amides is 1. The van der Waals surface area contributed by atoms with Gasteiger partial charge in [-0.05, 0) is 43.4 Å². The van der Waals surface area contributed by atoms with Crippen molar-refractivity contribution >= 4 is 33.3 Å². The van der Waals surface area contributed by atoms with Gasteiger partial charge < -0.3 is 11.1 Å². The zero-order chi connectivity index (χ0) is 21.2. The molecule has 2 aliphatic rings. The lowest BCUT2D eigenvalue weighted by Gasteiger charge is -2.20. The lowest BCUT2D eigenvalue weighted by molar-refractivity contribution is -0.124. The number of aromatic nitrogens is 2. The summed E-state index contributed by atoms with van der Waals surface area (Å²) in [6.45, 7) is 3.59. The summed E-state index contributed by atoms with van der Waals surface area (Å²) in [7, 11) is -3.44. The lowest BCUT2D eigenvalue weighted by Crippen LogP contribution is -2.32. The first-order valence-electron chi connectivity index (χ1n) is 9.25. The molecule has 29 heavy (non-hydrogen) atoms. The van der Waals surface area contributed by atoms with Crippen molar-refractivity contribution in [2.75, 3.05) is 0 Å². The van der Waals surface area contributed by atoms with E-state index < -0.39 is 26.9 Å². The Labute approximate surface area is 172 Å². The van der Waals surface area contributed by atoms with Crippen LogP contribution in [0.2, 0.25) is 0 Å². The minimum atomic E-state index is -3.44. The van der Waals surface area contributed by atoms with Crippen LogP contribution in [0.1, 0.15) is 44.6 Å². The predicted molar refractivity (Wildman–Crippen MR) is 107 cm³/mol. The number of carbonyl (C=O) groups excluding carboxylic acids is 2. The van der Waals surface area contributed by atoms with Gasteiger partial charge in [-0.15, -0.1) is 0 Å². The van der Waals surface area contributed by atoms with Gasteiger partial charge >= 0.3 is 0 Å². The molecule has 1 heterocycles. The number of hydrogen-bond donors (Lipinski definition) is 2. The van der Waals surface area contributed by atoms with E-state index in [1.165, 1.54) is 17.1 Å². The van der Waals surface area contributed by atoms with E-state index in [0.717, 1.165) is 6.20 Å². The summed E-state index contributed by atoms with van der Waals surface area (Å²) < 4.78 is 39.5. The summed E-state index contributed by atoms with van der Waals surface area (Å²) in [6, 6.07) is -0.851. The molecule has 3 N–H and O–H groups in total. The third-order valence-corrected chi connectivity index (χ3v) is 7.91. The van der Waals surface area contributed by atoms with Gasteiger partial charge in [-0.25, -0.2) is 8.42 Å². The molecule has 0 saturated heterocycles. The highest BCUT2D eigenvalue weighted by Crippen LogP contribution is 2.35. The molecule has 1 aromatic heterocycles. The highest BCUT2D eigenvalue weighted by atomic mass is 32.2. The van der Waals surface area contributed by atoms with E-state index in [0.29, 0.717) is 50.3 Å². The molecule has 2 aliphatic carbocycles. The summed E-state index contributed by atoms with van der Waals surface area (Å²) in [5, 5.41) is 5.56. The van der Waals surface area contributed by atoms with Crippen molar-refractivity contribution in [1.82, 2.24) is 15.1 Å². The molecule has 0 aromatic carbocycles. The molecule has 0 aliphatic heterocycles. The average molecular weight is 443 g/mol. The second-order valence-corrected chi connectivity index (χ2v) is 10.6. The third-order valence-electron chi connectivity index (χ3n) is 5.01. The number of carbonyl (C=O) groups is 2. The second-order valence-electron chi connectivity index (χ2n) is 7.28. The number of sulfone groups is 1. The zero-order valence-electron chi connectivity index (χ0n) is 15.7. The van der Waals surface area contributed by atoms with Crippen LogP contribution in [0.5, 0.6) is 0 Å². The van der Waals surface area contributed by atoms with E-state index in [4.69, 9.17) is 5.73 Å². The van der Waals surface area contributed by atoms with E-state index >= 15 is 0 Å². The molecular weight excluding hydrogens is 419 g/mol. The topological polar surface area (TPSA) is 124 Å². The molecule has 0 spiro atoms. The average Bonchev–Trinajstić information content (AvgIpc) is 3.27. The maximum Gasteiger partial charge on any atom is 0.249 e. The van der Waals surface area contributed by atoms with E-state index in [-0.39, 0.29) is 26.9 Å². The van der Waals surface area contributed by atoms with Crippen LogP contribution in [0.4, 0.5) is 4.39 Å². The summed E-state index contributed by atoms with van der Waals surface area (Å²) >= 11 is 0.569. The van der Waals surface area contributed by atoms with Gasteiger partial charge in [0.2, 0.25) is 5.91 Å². The lowest BCUT2D eigenvalue weighted by atomic mass is 9.98. The van der Waals surface area contributed by atoms with E-state index in [1.807, 2.05) is 0 Å². The van der Waals surface area contributed by atoms with Crippen molar-refractivity contribution < 1.29 is 22.4 Å². The van der Waals surface area contributed by atoms with Gasteiger partial charge in [-0.1, -0.05) is 6.58 Å². The number of hydrogen-bond acceptors (Lipinski definition) is 7. The monoisotopic (exact) mass is 442 g/mol. The number of ketones is 1. The molecule has 11 heteroatoms. The molecule has 2 fully saturated rings. The molecule has 2 saturated carbocycles. The first-order valence-corrected chi connectivity index (χ1v) is 11.6. The Bertz CT molecular complexity index is 953. The molecule has 0 radical (unpaired) electrons. The zero-order valence-corrected chi connectivity index (χ0v) is 17.3. The van der Waals surface area contributed by atoms with Gasteiger partial charge in [0.15, 0.2) is 15.0 Å². The Kier molecular flexibility index (Phi) is 6.47. The number of Topliss-reactive ketones (excluding diaryl/α,β-unsaturated/α-hetero) is 1. The molecule has 158 valence electrons. The van der Waals surface area contributed by atoms with Gasteiger partial charge in [-0.2, -0.15) is 9.49 Å². The summed E-state index contributed by atoms with van der Waals surface area (Å²) in [4.78, 5) is 24.5. The fraction of sp³-hybridized carbons (Fsp3) is 0.500. The van der Waals surface area contributed by atoms with Crippen LogP contribution in [0.15, 0.2) is 40.3 Å². The molecule has 8 nitrogen and oxygen atoms in total. The number of thioether (sulfide) groups is 1. The number of halogens is 1. The number of nitrogens with zero attached hydrogens (tertiary/aromatic N) is 2. The fourth-order valence-electron chi connectivity index (χ4n) is 3.35. The van der Waals surface area contributed by atoms with Gasteiger partial charge in [-0.3, -0.25) is 14.3 Å². The van der Waals surface area contributed by atoms with Crippen molar-refractivity contribution in [1.29, 1.82) is 0 Å². The predicted octanol–water partition coefficient (Wildman–Crippen LogP) is 2.17. The smallest absolute Gasteiger partial charge is 0.249 e. The van der Waals surface area contributed by atoms with Crippen molar-refractivity contribution in [2.24, 2.45) is 11.7 Å². The first kappa shape index (κ1) is 21.6. The minimum Gasteiger partial charge on any atom is -0.402 e. The highest BCUT2D eigenvalue weighted by molar-refractivity contribution is 8.06. The van der Waals surface area contributed by atoms with Crippen molar-refractivity contribution in [2.45, 2.75) is 54.7 Å². The Hall–Kier alpha value is -2.14. The molecule has 1 amide bonds. The third kappa shape index (κ3) is 5.27. The van der Waals surface area contributed by atoms with Crippen LogP contribution in [0, 0.1) is 5.92 Å². The van der Waals surface area contributed by atoms with Crippen molar-refractivity contribution in [3.8, 4) is 0 Å².